The Morgan fingerprint density at radius 3 is 2.00 bits per heavy atom. The fraction of sp³-hybridized carbons (Fsp3) is 0.0476. The maximum Gasteiger partial charge on any atom is 0.113 e. The summed E-state index contributed by atoms with van der Waals surface area (Å²) >= 11 is 6.57. The highest BCUT2D eigenvalue weighted by Crippen LogP contribution is 2.41. The molecule has 0 fully saturated rings. The van der Waals surface area contributed by atoms with Crippen molar-refractivity contribution in [2.45, 2.75) is 13.1 Å². The van der Waals surface area contributed by atoms with Crippen LogP contribution < -0.4 is 15.3 Å². The number of para-hydroxylation sites is 2. The summed E-state index contributed by atoms with van der Waals surface area (Å²) < 4.78 is 2.42. The van der Waals surface area contributed by atoms with Gasteiger partial charge in [0.1, 0.15) is 8.07 Å². The van der Waals surface area contributed by atoms with Crippen molar-refractivity contribution < 1.29 is 0 Å². The average molecular weight is 627 g/mol. The van der Waals surface area contributed by atoms with Crippen molar-refractivity contribution in [3.8, 4) is 16.8 Å². The Balaban J connectivity index is 1.28. The monoisotopic (exact) mass is 626 g/mol. The van der Waals surface area contributed by atoms with Crippen LogP contribution in [0.3, 0.4) is 0 Å². The Labute approximate surface area is 274 Å². The highest BCUT2D eigenvalue weighted by atomic mass is 35.5. The van der Waals surface area contributed by atoms with Crippen LogP contribution in [-0.4, -0.2) is 12.6 Å². The predicted octanol–water partition coefficient (Wildman–Crippen LogP) is 10.9. The lowest BCUT2D eigenvalue weighted by atomic mass is 10.0. The third kappa shape index (κ3) is 4.09. The first-order chi connectivity index (χ1) is 22.5. The van der Waals surface area contributed by atoms with Crippen molar-refractivity contribution in [3.63, 3.8) is 0 Å². The summed E-state index contributed by atoms with van der Waals surface area (Å²) in [7, 11) is -1.82. The van der Waals surface area contributed by atoms with Crippen molar-refractivity contribution in [1.82, 2.24) is 4.57 Å². The molecule has 8 aromatic rings. The van der Waals surface area contributed by atoms with Crippen LogP contribution in [0.2, 0.25) is 18.1 Å². The lowest BCUT2D eigenvalue weighted by molar-refractivity contribution is 1.18. The van der Waals surface area contributed by atoms with Gasteiger partial charge in [-0.3, -0.25) is 0 Å². The second-order valence-electron chi connectivity index (χ2n) is 12.8. The molecule has 0 bridgehead atoms. The van der Waals surface area contributed by atoms with E-state index >= 15 is 0 Å². The van der Waals surface area contributed by atoms with E-state index in [1.54, 1.807) is 0 Å². The molecule has 0 atom stereocenters. The van der Waals surface area contributed by atoms with Crippen molar-refractivity contribution in [3.05, 3.63) is 157 Å². The van der Waals surface area contributed by atoms with Gasteiger partial charge in [0.25, 0.3) is 0 Å². The van der Waals surface area contributed by atoms with Crippen molar-refractivity contribution in [2.75, 3.05) is 4.90 Å². The minimum atomic E-state index is -1.82. The number of hydrogen-bond acceptors (Lipinski definition) is 1. The topological polar surface area (TPSA) is 8.17 Å². The molecule has 0 saturated carbocycles. The molecule has 1 aromatic heterocycles. The summed E-state index contributed by atoms with van der Waals surface area (Å²) in [5, 5.41) is 8.68. The van der Waals surface area contributed by atoms with Gasteiger partial charge in [0, 0.05) is 38.5 Å². The zero-order valence-electron chi connectivity index (χ0n) is 25.7. The Morgan fingerprint density at radius 2 is 1.15 bits per heavy atom. The summed E-state index contributed by atoms with van der Waals surface area (Å²) in [6.45, 7) is 4.89. The molecular formula is C42H31ClN2Si. The van der Waals surface area contributed by atoms with Gasteiger partial charge in [-0.25, -0.2) is 0 Å². The van der Waals surface area contributed by atoms with Crippen LogP contribution in [0.25, 0.3) is 49.4 Å². The molecule has 4 heteroatoms. The van der Waals surface area contributed by atoms with Gasteiger partial charge >= 0.3 is 0 Å². The van der Waals surface area contributed by atoms with Gasteiger partial charge < -0.3 is 9.47 Å². The molecule has 2 heterocycles. The third-order valence-electron chi connectivity index (χ3n) is 9.80. The van der Waals surface area contributed by atoms with Crippen LogP contribution in [0.15, 0.2) is 152 Å². The number of fused-ring (bicyclic) bond motifs is 7. The molecule has 220 valence electrons. The maximum absolute atomic E-state index is 6.57. The number of nitrogens with zero attached hydrogens (tertiary/aromatic N) is 2. The molecule has 1 aliphatic rings. The smallest absolute Gasteiger partial charge is 0.113 e. The standard InChI is InChI=1S/C42H31ClN2Si/c1-46(2)41-22-17-30(43)25-37(41)38-26-33(20-23-42(38)46)44(31-12-4-3-5-13-31)34-19-21-36-35-14-8-9-15-39(35)45(40(36)27-34)32-18-16-28-10-6-7-11-29(28)24-32/h3-27H,1-2H3. The molecule has 0 spiro atoms. The predicted molar refractivity (Wildman–Crippen MR) is 200 cm³/mol. The molecule has 2 nitrogen and oxygen atoms in total. The van der Waals surface area contributed by atoms with E-state index in [0.29, 0.717) is 0 Å². The first-order valence-electron chi connectivity index (χ1n) is 15.8. The molecule has 0 radical (unpaired) electrons. The summed E-state index contributed by atoms with van der Waals surface area (Å²) in [5.74, 6) is 0. The molecule has 0 unspecified atom stereocenters. The van der Waals surface area contributed by atoms with Crippen LogP contribution in [-0.2, 0) is 0 Å². The van der Waals surface area contributed by atoms with Crippen LogP contribution in [0.5, 0.6) is 0 Å². The van der Waals surface area contributed by atoms with Gasteiger partial charge in [0.15, 0.2) is 0 Å². The van der Waals surface area contributed by atoms with Crippen molar-refractivity contribution >= 4 is 79.7 Å². The van der Waals surface area contributed by atoms with Gasteiger partial charge in [-0.1, -0.05) is 110 Å². The largest absolute Gasteiger partial charge is 0.310 e. The van der Waals surface area contributed by atoms with Crippen LogP contribution in [0, 0.1) is 0 Å². The highest BCUT2D eigenvalue weighted by Gasteiger charge is 2.37. The molecule has 0 saturated heterocycles. The van der Waals surface area contributed by atoms with Gasteiger partial charge in [-0.05, 0) is 99.0 Å². The fourth-order valence-corrected chi connectivity index (χ4v) is 10.8. The SMILES string of the molecule is C[Si]1(C)c2ccc(Cl)cc2-c2cc(N(c3ccccc3)c3ccc4c5ccccc5n(-c5ccc6ccccc6c5)c4c3)ccc21. The minimum Gasteiger partial charge on any atom is -0.310 e. The molecule has 0 N–H and O–H groups in total. The second kappa shape index (κ2) is 10.2. The first-order valence-corrected chi connectivity index (χ1v) is 19.2. The maximum atomic E-state index is 6.57. The number of rotatable bonds is 4. The third-order valence-corrected chi connectivity index (χ3v) is 13.6. The number of halogens is 1. The van der Waals surface area contributed by atoms with Crippen molar-refractivity contribution in [1.29, 1.82) is 0 Å². The number of hydrogen-bond donors (Lipinski definition) is 0. The van der Waals surface area contributed by atoms with Crippen LogP contribution in [0.1, 0.15) is 0 Å². The van der Waals surface area contributed by atoms with Gasteiger partial charge in [0.2, 0.25) is 0 Å². The Morgan fingerprint density at radius 1 is 0.500 bits per heavy atom. The first kappa shape index (κ1) is 27.2. The normalized spacial score (nSPS) is 13.3. The molecule has 0 amide bonds. The summed E-state index contributed by atoms with van der Waals surface area (Å²) in [6, 6.07) is 55.2. The quantitative estimate of drug-likeness (QED) is 0.176. The number of anilines is 3. The van der Waals surface area contributed by atoms with E-state index < -0.39 is 8.07 Å². The Bertz CT molecular complexity index is 2480. The lowest BCUT2D eigenvalue weighted by Gasteiger charge is -2.27. The van der Waals surface area contributed by atoms with Crippen LogP contribution in [0.4, 0.5) is 17.1 Å². The van der Waals surface area contributed by atoms with Gasteiger partial charge in [0.05, 0.1) is 11.0 Å². The minimum absolute atomic E-state index is 0.786. The average Bonchev–Trinajstić information content (AvgIpc) is 3.53. The van der Waals surface area contributed by atoms with E-state index in [-0.39, 0.29) is 0 Å². The van der Waals surface area contributed by atoms with E-state index in [1.807, 2.05) is 6.07 Å². The van der Waals surface area contributed by atoms with E-state index in [1.165, 1.54) is 54.1 Å². The highest BCUT2D eigenvalue weighted by molar-refractivity contribution is 7.03. The molecule has 46 heavy (non-hydrogen) atoms. The zero-order valence-corrected chi connectivity index (χ0v) is 27.5. The number of benzene rings is 7. The van der Waals surface area contributed by atoms with Crippen molar-refractivity contribution in [2.24, 2.45) is 0 Å². The second-order valence-corrected chi connectivity index (χ2v) is 17.6. The lowest BCUT2D eigenvalue weighted by Crippen LogP contribution is -2.49. The van der Waals surface area contributed by atoms with E-state index in [9.17, 15) is 0 Å². The van der Waals surface area contributed by atoms with E-state index in [0.717, 1.165) is 27.8 Å². The number of aromatic nitrogens is 1. The Hall–Kier alpha value is -5.09. The van der Waals surface area contributed by atoms with E-state index in [2.05, 4.69) is 168 Å². The fourth-order valence-electron chi connectivity index (χ4n) is 7.58. The Kier molecular flexibility index (Phi) is 6.05. The zero-order chi connectivity index (χ0) is 31.0. The molecule has 1 aliphatic heterocycles. The molecule has 0 aliphatic carbocycles. The molecular weight excluding hydrogens is 596 g/mol. The summed E-state index contributed by atoms with van der Waals surface area (Å²) in [4.78, 5) is 2.39. The molecule has 7 aromatic carbocycles. The summed E-state index contributed by atoms with van der Waals surface area (Å²) in [6.07, 6.45) is 0. The summed E-state index contributed by atoms with van der Waals surface area (Å²) in [5.41, 5.74) is 9.50. The van der Waals surface area contributed by atoms with Gasteiger partial charge in [-0.15, -0.1) is 0 Å². The molecule has 9 rings (SSSR count). The van der Waals surface area contributed by atoms with Gasteiger partial charge in [-0.2, -0.15) is 0 Å². The van der Waals surface area contributed by atoms with E-state index in [4.69, 9.17) is 11.6 Å². The van der Waals surface area contributed by atoms with Crippen LogP contribution >= 0.6 is 11.6 Å².